The zero-order valence-electron chi connectivity index (χ0n) is 11.4. The molecule has 0 fully saturated rings. The summed E-state index contributed by atoms with van der Waals surface area (Å²) in [6, 6.07) is 0.361. The lowest BCUT2D eigenvalue weighted by atomic mass is 9.95. The van der Waals surface area contributed by atoms with E-state index < -0.39 is 0 Å². The third kappa shape index (κ3) is 2.32. The lowest BCUT2D eigenvalue weighted by Crippen LogP contribution is -2.23. The van der Waals surface area contributed by atoms with Crippen LogP contribution in [0.2, 0.25) is 0 Å². The molecule has 1 aliphatic carbocycles. The van der Waals surface area contributed by atoms with Crippen molar-refractivity contribution < 1.29 is 4.42 Å². The predicted molar refractivity (Wildman–Crippen MR) is 71.3 cm³/mol. The van der Waals surface area contributed by atoms with Gasteiger partial charge in [-0.1, -0.05) is 18.6 Å². The average Bonchev–Trinajstić information content (AvgIpc) is 2.88. The second kappa shape index (κ2) is 5.09. The van der Waals surface area contributed by atoms with Crippen molar-refractivity contribution in [3.05, 3.63) is 34.3 Å². The van der Waals surface area contributed by atoms with Gasteiger partial charge in [0.05, 0.1) is 6.04 Å². The summed E-state index contributed by atoms with van der Waals surface area (Å²) in [6.07, 6.45) is 6.15. The first-order valence-corrected chi connectivity index (χ1v) is 6.64. The molecule has 1 aliphatic rings. The summed E-state index contributed by atoms with van der Waals surface area (Å²) in [5.41, 5.74) is 4.21. The first-order chi connectivity index (χ1) is 8.15. The first-order valence-electron chi connectivity index (χ1n) is 6.64. The standard InChI is InChI=1S/C15H23NO/c1-5-16-15(13-8-6-7-9-13)14-10(2)11(3)17-12(14)4/h8,15-16H,5-7,9H2,1-4H3. The Morgan fingerprint density at radius 1 is 1.29 bits per heavy atom. The van der Waals surface area contributed by atoms with Gasteiger partial charge in [0, 0.05) is 5.56 Å². The van der Waals surface area contributed by atoms with Crippen LogP contribution in [-0.2, 0) is 0 Å². The zero-order valence-corrected chi connectivity index (χ0v) is 11.4. The van der Waals surface area contributed by atoms with Crippen molar-refractivity contribution in [2.24, 2.45) is 0 Å². The average molecular weight is 233 g/mol. The van der Waals surface area contributed by atoms with E-state index in [0.29, 0.717) is 6.04 Å². The van der Waals surface area contributed by atoms with E-state index in [-0.39, 0.29) is 0 Å². The monoisotopic (exact) mass is 233 g/mol. The minimum absolute atomic E-state index is 0.361. The SMILES string of the molecule is CCNC(C1=CCCC1)c1c(C)oc(C)c1C. The van der Waals surface area contributed by atoms with Crippen molar-refractivity contribution in [2.45, 2.75) is 53.0 Å². The van der Waals surface area contributed by atoms with Crippen LogP contribution < -0.4 is 5.32 Å². The van der Waals surface area contributed by atoms with Crippen LogP contribution in [0.4, 0.5) is 0 Å². The summed E-state index contributed by atoms with van der Waals surface area (Å²) in [4.78, 5) is 0. The van der Waals surface area contributed by atoms with Crippen LogP contribution in [0.25, 0.3) is 0 Å². The smallest absolute Gasteiger partial charge is 0.106 e. The minimum atomic E-state index is 0.361. The molecule has 2 nitrogen and oxygen atoms in total. The third-order valence-corrected chi connectivity index (χ3v) is 3.76. The van der Waals surface area contributed by atoms with Crippen LogP contribution >= 0.6 is 0 Å². The number of hydrogen-bond donors (Lipinski definition) is 1. The van der Waals surface area contributed by atoms with Crippen molar-refractivity contribution in [1.82, 2.24) is 5.32 Å². The Morgan fingerprint density at radius 3 is 2.53 bits per heavy atom. The molecule has 0 saturated heterocycles. The Labute approximate surface area is 104 Å². The van der Waals surface area contributed by atoms with E-state index in [1.165, 1.54) is 30.4 Å². The Kier molecular flexibility index (Phi) is 3.72. The zero-order chi connectivity index (χ0) is 12.4. The van der Waals surface area contributed by atoms with Crippen LogP contribution in [-0.4, -0.2) is 6.54 Å². The summed E-state index contributed by atoms with van der Waals surface area (Å²) in [5.74, 6) is 2.12. The third-order valence-electron chi connectivity index (χ3n) is 3.76. The lowest BCUT2D eigenvalue weighted by molar-refractivity contribution is 0.492. The van der Waals surface area contributed by atoms with E-state index in [0.717, 1.165) is 18.1 Å². The fourth-order valence-corrected chi connectivity index (χ4v) is 2.82. The molecular formula is C15H23NO. The molecular weight excluding hydrogens is 210 g/mol. The van der Waals surface area contributed by atoms with E-state index in [9.17, 15) is 0 Å². The lowest BCUT2D eigenvalue weighted by Gasteiger charge is -2.20. The van der Waals surface area contributed by atoms with Gasteiger partial charge in [-0.05, 0) is 52.1 Å². The number of hydrogen-bond acceptors (Lipinski definition) is 2. The van der Waals surface area contributed by atoms with E-state index in [4.69, 9.17) is 4.42 Å². The summed E-state index contributed by atoms with van der Waals surface area (Å²) >= 11 is 0. The van der Waals surface area contributed by atoms with E-state index >= 15 is 0 Å². The molecule has 1 heterocycles. The molecule has 94 valence electrons. The normalized spacial score (nSPS) is 17.3. The molecule has 1 aromatic heterocycles. The van der Waals surface area contributed by atoms with Crippen molar-refractivity contribution in [2.75, 3.05) is 6.54 Å². The number of furan rings is 1. The summed E-state index contributed by atoms with van der Waals surface area (Å²) in [6.45, 7) is 9.46. The second-order valence-corrected chi connectivity index (χ2v) is 4.92. The fourth-order valence-electron chi connectivity index (χ4n) is 2.82. The molecule has 0 radical (unpaired) electrons. The summed E-state index contributed by atoms with van der Waals surface area (Å²) in [7, 11) is 0. The van der Waals surface area contributed by atoms with E-state index in [1.807, 2.05) is 0 Å². The molecule has 0 spiro atoms. The summed E-state index contributed by atoms with van der Waals surface area (Å²) in [5, 5.41) is 3.61. The minimum Gasteiger partial charge on any atom is -0.466 e. The largest absolute Gasteiger partial charge is 0.466 e. The maximum absolute atomic E-state index is 5.76. The van der Waals surface area contributed by atoms with Gasteiger partial charge in [0.2, 0.25) is 0 Å². The highest BCUT2D eigenvalue weighted by molar-refractivity contribution is 5.39. The van der Waals surface area contributed by atoms with E-state index in [1.54, 1.807) is 5.57 Å². The van der Waals surface area contributed by atoms with Gasteiger partial charge in [0.1, 0.15) is 11.5 Å². The highest BCUT2D eigenvalue weighted by Crippen LogP contribution is 2.35. The molecule has 1 unspecified atom stereocenters. The number of aryl methyl sites for hydroxylation is 2. The van der Waals surface area contributed by atoms with Crippen molar-refractivity contribution in [3.8, 4) is 0 Å². The Morgan fingerprint density at radius 2 is 2.06 bits per heavy atom. The Bertz CT molecular complexity index is 428. The summed E-state index contributed by atoms with van der Waals surface area (Å²) < 4.78 is 5.76. The van der Waals surface area contributed by atoms with Crippen molar-refractivity contribution in [1.29, 1.82) is 0 Å². The highest BCUT2D eigenvalue weighted by atomic mass is 16.3. The van der Waals surface area contributed by atoms with Gasteiger partial charge in [0.25, 0.3) is 0 Å². The van der Waals surface area contributed by atoms with Gasteiger partial charge < -0.3 is 9.73 Å². The molecule has 0 aliphatic heterocycles. The van der Waals surface area contributed by atoms with Crippen LogP contribution in [0.3, 0.4) is 0 Å². The molecule has 2 rings (SSSR count). The molecule has 1 aromatic rings. The maximum atomic E-state index is 5.76. The Balaban J connectivity index is 2.38. The van der Waals surface area contributed by atoms with Gasteiger partial charge in [-0.2, -0.15) is 0 Å². The van der Waals surface area contributed by atoms with Gasteiger partial charge in [-0.3, -0.25) is 0 Å². The molecule has 0 saturated carbocycles. The number of rotatable bonds is 4. The van der Waals surface area contributed by atoms with Crippen LogP contribution in [0.5, 0.6) is 0 Å². The first kappa shape index (κ1) is 12.4. The second-order valence-electron chi connectivity index (χ2n) is 4.92. The van der Waals surface area contributed by atoms with Crippen LogP contribution in [0, 0.1) is 20.8 Å². The quantitative estimate of drug-likeness (QED) is 0.796. The van der Waals surface area contributed by atoms with Crippen LogP contribution in [0.1, 0.15) is 54.9 Å². The van der Waals surface area contributed by atoms with Crippen molar-refractivity contribution in [3.63, 3.8) is 0 Å². The molecule has 2 heteroatoms. The fraction of sp³-hybridized carbons (Fsp3) is 0.600. The molecule has 17 heavy (non-hydrogen) atoms. The topological polar surface area (TPSA) is 25.2 Å². The van der Waals surface area contributed by atoms with E-state index in [2.05, 4.69) is 39.1 Å². The van der Waals surface area contributed by atoms with Gasteiger partial charge in [-0.25, -0.2) is 0 Å². The van der Waals surface area contributed by atoms with Gasteiger partial charge >= 0.3 is 0 Å². The number of likely N-dealkylation sites (N-methyl/N-ethyl adjacent to an activating group) is 1. The van der Waals surface area contributed by atoms with Crippen LogP contribution in [0.15, 0.2) is 16.1 Å². The maximum Gasteiger partial charge on any atom is 0.106 e. The highest BCUT2D eigenvalue weighted by Gasteiger charge is 2.24. The van der Waals surface area contributed by atoms with Gasteiger partial charge in [0.15, 0.2) is 0 Å². The molecule has 1 atom stereocenters. The Hall–Kier alpha value is -1.02. The number of nitrogens with one attached hydrogen (secondary N) is 1. The van der Waals surface area contributed by atoms with Gasteiger partial charge in [-0.15, -0.1) is 0 Å². The number of allylic oxidation sites excluding steroid dienone is 1. The molecule has 1 N–H and O–H groups in total. The molecule has 0 amide bonds. The molecule has 0 bridgehead atoms. The van der Waals surface area contributed by atoms with Crippen molar-refractivity contribution >= 4 is 0 Å². The molecule has 0 aromatic carbocycles. The predicted octanol–water partition coefficient (Wildman–Crippen LogP) is 3.97.